The van der Waals surface area contributed by atoms with Crippen molar-refractivity contribution in [1.82, 2.24) is 25.0 Å². The highest BCUT2D eigenvalue weighted by Gasteiger charge is 2.22. The second-order valence-electron chi connectivity index (χ2n) is 7.07. The molecule has 132 valence electrons. The molecule has 4 heterocycles. The number of allylic oxidation sites excluding steroid dienone is 1. The van der Waals surface area contributed by atoms with Gasteiger partial charge in [-0.2, -0.15) is 0 Å². The van der Waals surface area contributed by atoms with E-state index in [1.54, 1.807) is 0 Å². The van der Waals surface area contributed by atoms with Crippen LogP contribution in [0.2, 0.25) is 0 Å². The molecule has 0 unspecified atom stereocenters. The van der Waals surface area contributed by atoms with Crippen molar-refractivity contribution < 1.29 is 4.58 Å². The minimum absolute atomic E-state index is 0.465. The molecule has 0 radical (unpaired) electrons. The van der Waals surface area contributed by atoms with Crippen LogP contribution < -0.4 is 0 Å². The highest BCUT2D eigenvalue weighted by atomic mass is 15.4. The lowest BCUT2D eigenvalue weighted by Gasteiger charge is -2.11. The maximum atomic E-state index is 4.81. The standard InChI is InChI=1S/C21H19N6/c1-14(2)26-12-17(13-26)19-7-8-20-21(23-19)27(25-24-20)11-15-5-6-18-16(10-15)4-3-9-22-18/h3-10,12-14H,11H2,1-2H3/q+1. The lowest BCUT2D eigenvalue weighted by atomic mass is 10.1. The largest absolute Gasteiger partial charge is 0.256 e. The monoisotopic (exact) mass is 355 g/mol. The minimum Gasteiger partial charge on any atom is -0.256 e. The second kappa shape index (κ2) is 6.09. The molecular weight excluding hydrogens is 336 g/mol. The van der Waals surface area contributed by atoms with Crippen LogP contribution in [-0.2, 0) is 6.54 Å². The van der Waals surface area contributed by atoms with E-state index < -0.39 is 0 Å². The highest BCUT2D eigenvalue weighted by Crippen LogP contribution is 2.21. The Morgan fingerprint density at radius 1 is 1.07 bits per heavy atom. The van der Waals surface area contributed by atoms with E-state index in [0.717, 1.165) is 38.9 Å². The number of hydrogen-bond acceptors (Lipinski definition) is 4. The van der Waals surface area contributed by atoms with E-state index in [1.165, 1.54) is 0 Å². The van der Waals surface area contributed by atoms with Gasteiger partial charge in [-0.15, -0.1) is 5.10 Å². The molecule has 0 saturated heterocycles. The molecule has 1 aliphatic rings. The molecule has 27 heavy (non-hydrogen) atoms. The summed E-state index contributed by atoms with van der Waals surface area (Å²) in [6, 6.07) is 14.7. The third-order valence-electron chi connectivity index (χ3n) is 4.83. The average Bonchev–Trinajstić information content (AvgIpc) is 3.02. The summed E-state index contributed by atoms with van der Waals surface area (Å²) in [6.07, 6.45) is 6.07. The molecule has 0 fully saturated rings. The molecular formula is C21H19N6+. The van der Waals surface area contributed by atoms with Gasteiger partial charge in [0.15, 0.2) is 24.1 Å². The Hall–Kier alpha value is -3.41. The first kappa shape index (κ1) is 15.8. The van der Waals surface area contributed by atoms with Gasteiger partial charge >= 0.3 is 0 Å². The molecule has 3 aromatic heterocycles. The van der Waals surface area contributed by atoms with Gasteiger partial charge in [-0.25, -0.2) is 14.2 Å². The van der Waals surface area contributed by atoms with E-state index >= 15 is 0 Å². The topological polar surface area (TPSA) is 59.5 Å². The fraction of sp³-hybridized carbons (Fsp3) is 0.190. The minimum atomic E-state index is 0.465. The maximum Gasteiger partial charge on any atom is 0.184 e. The van der Waals surface area contributed by atoms with Crippen molar-refractivity contribution in [1.29, 1.82) is 0 Å². The highest BCUT2D eigenvalue weighted by molar-refractivity contribution is 6.09. The summed E-state index contributed by atoms with van der Waals surface area (Å²) >= 11 is 0. The first-order valence-electron chi connectivity index (χ1n) is 9.06. The van der Waals surface area contributed by atoms with E-state index in [0.29, 0.717) is 12.6 Å². The Morgan fingerprint density at radius 2 is 1.93 bits per heavy atom. The Bertz CT molecular complexity index is 1230. The van der Waals surface area contributed by atoms with Gasteiger partial charge in [0.2, 0.25) is 0 Å². The molecule has 0 atom stereocenters. The van der Waals surface area contributed by atoms with E-state index in [4.69, 9.17) is 4.98 Å². The fourth-order valence-corrected chi connectivity index (χ4v) is 3.26. The summed E-state index contributed by atoms with van der Waals surface area (Å²) in [5.74, 6) is 0. The fourth-order valence-electron chi connectivity index (χ4n) is 3.26. The van der Waals surface area contributed by atoms with Crippen LogP contribution in [0.25, 0.3) is 27.6 Å². The van der Waals surface area contributed by atoms with E-state index in [9.17, 15) is 0 Å². The Labute approximate surface area is 156 Å². The summed E-state index contributed by atoms with van der Waals surface area (Å²) in [5.41, 5.74) is 5.83. The molecule has 4 aromatic rings. The van der Waals surface area contributed by atoms with Crippen LogP contribution >= 0.6 is 0 Å². The summed E-state index contributed by atoms with van der Waals surface area (Å²) in [5, 5.41) is 9.69. The summed E-state index contributed by atoms with van der Waals surface area (Å²) < 4.78 is 4.04. The predicted octanol–water partition coefficient (Wildman–Crippen LogP) is 3.27. The first-order valence-corrected chi connectivity index (χ1v) is 9.06. The van der Waals surface area contributed by atoms with Crippen LogP contribution in [0.5, 0.6) is 0 Å². The predicted molar refractivity (Wildman–Crippen MR) is 106 cm³/mol. The number of pyridine rings is 2. The van der Waals surface area contributed by atoms with Gasteiger partial charge in [0.05, 0.1) is 17.8 Å². The van der Waals surface area contributed by atoms with Gasteiger partial charge in [0.25, 0.3) is 0 Å². The van der Waals surface area contributed by atoms with Crippen molar-refractivity contribution in [3.8, 4) is 0 Å². The van der Waals surface area contributed by atoms with Crippen LogP contribution in [0, 0.1) is 0 Å². The Morgan fingerprint density at radius 3 is 2.78 bits per heavy atom. The average molecular weight is 355 g/mol. The lowest BCUT2D eigenvalue weighted by molar-refractivity contribution is -0.493. The van der Waals surface area contributed by atoms with Crippen molar-refractivity contribution in [3.05, 3.63) is 66.1 Å². The smallest absolute Gasteiger partial charge is 0.184 e. The van der Waals surface area contributed by atoms with E-state index in [1.807, 2.05) is 35.1 Å². The molecule has 1 aromatic carbocycles. The van der Waals surface area contributed by atoms with Crippen molar-refractivity contribution in [2.45, 2.75) is 26.4 Å². The van der Waals surface area contributed by atoms with Crippen LogP contribution in [0.15, 0.2) is 54.9 Å². The van der Waals surface area contributed by atoms with Gasteiger partial charge < -0.3 is 0 Å². The molecule has 0 bridgehead atoms. The third-order valence-corrected chi connectivity index (χ3v) is 4.83. The van der Waals surface area contributed by atoms with Gasteiger partial charge in [0, 0.05) is 11.6 Å². The molecule has 0 amide bonds. The molecule has 1 aliphatic heterocycles. The van der Waals surface area contributed by atoms with Crippen molar-refractivity contribution in [3.63, 3.8) is 0 Å². The van der Waals surface area contributed by atoms with Crippen molar-refractivity contribution >= 4 is 33.9 Å². The van der Waals surface area contributed by atoms with Gasteiger partial charge in [-0.05, 0) is 49.7 Å². The normalized spacial score (nSPS) is 13.7. The van der Waals surface area contributed by atoms with Crippen molar-refractivity contribution in [2.75, 3.05) is 0 Å². The second-order valence-corrected chi connectivity index (χ2v) is 7.07. The van der Waals surface area contributed by atoms with E-state index in [-0.39, 0.29) is 0 Å². The molecule has 0 saturated carbocycles. The first-order chi connectivity index (χ1) is 13.2. The molecule has 0 aliphatic carbocycles. The van der Waals surface area contributed by atoms with Gasteiger partial charge in [-0.3, -0.25) is 4.98 Å². The zero-order valence-corrected chi connectivity index (χ0v) is 15.2. The Kier molecular flexibility index (Phi) is 3.57. The number of aromatic nitrogens is 5. The van der Waals surface area contributed by atoms with Crippen LogP contribution in [0.3, 0.4) is 0 Å². The number of nitrogens with zero attached hydrogens (tertiary/aromatic N) is 6. The molecule has 5 rings (SSSR count). The summed E-state index contributed by atoms with van der Waals surface area (Å²) in [4.78, 5) is 9.18. The van der Waals surface area contributed by atoms with Crippen LogP contribution in [-0.4, -0.2) is 41.8 Å². The zero-order chi connectivity index (χ0) is 18.4. The lowest BCUT2D eigenvalue weighted by Crippen LogP contribution is -2.23. The summed E-state index contributed by atoms with van der Waals surface area (Å²) in [7, 11) is 0. The maximum absolute atomic E-state index is 4.81. The third kappa shape index (κ3) is 2.79. The zero-order valence-electron chi connectivity index (χ0n) is 15.2. The number of rotatable bonds is 4. The van der Waals surface area contributed by atoms with Gasteiger partial charge in [0.1, 0.15) is 11.1 Å². The number of benzene rings is 1. The molecule has 6 heteroatoms. The van der Waals surface area contributed by atoms with Crippen LogP contribution in [0.1, 0.15) is 25.1 Å². The SMILES string of the molecule is CC(C)[N+]1=CC(c2ccc3nnn(Cc4ccc5ncccc5c4)c3n2)=C1. The van der Waals surface area contributed by atoms with Gasteiger partial charge in [-0.1, -0.05) is 17.3 Å². The number of fused-ring (bicyclic) bond motifs is 2. The molecule has 0 spiro atoms. The van der Waals surface area contributed by atoms with E-state index in [2.05, 4.69) is 64.3 Å². The van der Waals surface area contributed by atoms with Crippen molar-refractivity contribution in [2.24, 2.45) is 0 Å². The summed E-state index contributed by atoms with van der Waals surface area (Å²) in [6.45, 7) is 4.95. The quantitative estimate of drug-likeness (QED) is 0.527. The number of hydrogen-bond donors (Lipinski definition) is 0. The van der Waals surface area contributed by atoms with Crippen LogP contribution in [0.4, 0.5) is 0 Å². The molecule has 0 N–H and O–H groups in total. The molecule has 6 nitrogen and oxygen atoms in total. The Balaban J connectivity index is 1.48.